The molecule has 2 aromatic heterocycles. The first-order valence-electron chi connectivity index (χ1n) is 5.37. The Hall–Kier alpha value is -2.20. The number of hydrogen-bond donors (Lipinski definition) is 1. The van der Waals surface area contributed by atoms with Crippen LogP contribution in [0.3, 0.4) is 0 Å². The number of rotatable bonds is 2. The zero-order valence-corrected chi connectivity index (χ0v) is 9.13. The Morgan fingerprint density at radius 1 is 1.12 bits per heavy atom. The molecule has 0 aliphatic rings. The summed E-state index contributed by atoms with van der Waals surface area (Å²) in [7, 11) is 0. The van der Waals surface area contributed by atoms with Crippen LogP contribution in [-0.2, 0) is 6.54 Å². The van der Waals surface area contributed by atoms with Crippen LogP contribution in [-0.4, -0.2) is 9.97 Å². The zero-order valence-electron chi connectivity index (χ0n) is 9.13. The summed E-state index contributed by atoms with van der Waals surface area (Å²) in [4.78, 5) is 8.46. The molecule has 4 nitrogen and oxygen atoms in total. The van der Waals surface area contributed by atoms with Crippen molar-refractivity contribution in [2.75, 3.05) is 0 Å². The minimum Gasteiger partial charge on any atom is -0.453 e. The Balaban J connectivity index is 2.07. The first-order chi connectivity index (χ1) is 8.36. The second-order valence-electron chi connectivity index (χ2n) is 3.77. The Labute approximate surface area is 98.1 Å². The average molecular weight is 225 g/mol. The van der Waals surface area contributed by atoms with Crippen molar-refractivity contribution in [3.63, 3.8) is 0 Å². The summed E-state index contributed by atoms with van der Waals surface area (Å²) < 4.78 is 5.67. The van der Waals surface area contributed by atoms with Crippen molar-refractivity contribution in [1.82, 2.24) is 9.97 Å². The predicted octanol–water partition coefficient (Wildman–Crippen LogP) is 2.35. The van der Waals surface area contributed by atoms with Crippen molar-refractivity contribution < 1.29 is 4.42 Å². The predicted molar refractivity (Wildman–Crippen MR) is 65.1 cm³/mol. The van der Waals surface area contributed by atoms with Crippen molar-refractivity contribution in [3.8, 4) is 11.6 Å². The van der Waals surface area contributed by atoms with Gasteiger partial charge in [-0.3, -0.25) is 0 Å². The van der Waals surface area contributed by atoms with Gasteiger partial charge in [0.2, 0.25) is 0 Å². The van der Waals surface area contributed by atoms with E-state index in [1.54, 1.807) is 12.4 Å². The normalized spacial score (nSPS) is 10.9. The zero-order chi connectivity index (χ0) is 11.7. The molecule has 0 amide bonds. The lowest BCUT2D eigenvalue weighted by atomic mass is 10.2. The smallest absolute Gasteiger partial charge is 0.195 e. The highest BCUT2D eigenvalue weighted by Gasteiger charge is 2.07. The highest BCUT2D eigenvalue weighted by Crippen LogP contribution is 2.24. The summed E-state index contributed by atoms with van der Waals surface area (Å²) in [6, 6.07) is 9.77. The van der Waals surface area contributed by atoms with Crippen LogP contribution < -0.4 is 5.73 Å². The molecule has 2 N–H and O–H groups in total. The maximum absolute atomic E-state index is 5.67. The molecule has 0 saturated heterocycles. The first kappa shape index (κ1) is 9.99. The van der Waals surface area contributed by atoms with Crippen LogP contribution in [0, 0.1) is 0 Å². The van der Waals surface area contributed by atoms with Crippen LogP contribution in [0.15, 0.2) is 47.1 Å². The number of aromatic nitrogens is 2. The van der Waals surface area contributed by atoms with E-state index in [1.807, 2.05) is 30.3 Å². The van der Waals surface area contributed by atoms with E-state index < -0.39 is 0 Å². The summed E-state index contributed by atoms with van der Waals surface area (Å²) in [5.74, 6) is 1.26. The Kier molecular flexibility index (Phi) is 2.34. The molecule has 4 heteroatoms. The van der Waals surface area contributed by atoms with Crippen molar-refractivity contribution in [1.29, 1.82) is 0 Å². The van der Waals surface area contributed by atoms with Gasteiger partial charge in [0, 0.05) is 29.9 Å². The summed E-state index contributed by atoms with van der Waals surface area (Å²) in [5, 5.41) is 1.05. The number of para-hydroxylation sites is 1. The van der Waals surface area contributed by atoms with E-state index in [2.05, 4.69) is 9.97 Å². The number of benzene rings is 1. The lowest BCUT2D eigenvalue weighted by Crippen LogP contribution is -1.98. The number of fused-ring (bicyclic) bond motifs is 1. The third-order valence-electron chi connectivity index (χ3n) is 2.59. The summed E-state index contributed by atoms with van der Waals surface area (Å²) in [5.41, 5.74) is 7.25. The van der Waals surface area contributed by atoms with E-state index in [1.165, 1.54) is 0 Å². The average Bonchev–Trinajstić information content (AvgIpc) is 2.82. The fourth-order valence-electron chi connectivity index (χ4n) is 1.68. The van der Waals surface area contributed by atoms with Gasteiger partial charge in [-0.1, -0.05) is 18.2 Å². The maximum atomic E-state index is 5.67. The van der Waals surface area contributed by atoms with Gasteiger partial charge in [0.05, 0.1) is 0 Å². The molecular formula is C13H11N3O. The summed E-state index contributed by atoms with van der Waals surface area (Å²) >= 11 is 0. The third-order valence-corrected chi connectivity index (χ3v) is 2.59. The number of hydrogen-bond acceptors (Lipinski definition) is 4. The van der Waals surface area contributed by atoms with Crippen molar-refractivity contribution in [3.05, 3.63) is 48.3 Å². The van der Waals surface area contributed by atoms with Crippen molar-refractivity contribution >= 4 is 11.0 Å². The van der Waals surface area contributed by atoms with Crippen molar-refractivity contribution in [2.45, 2.75) is 6.54 Å². The molecule has 0 spiro atoms. The van der Waals surface area contributed by atoms with E-state index in [-0.39, 0.29) is 0 Å². The Bertz CT molecular complexity index is 610. The molecule has 0 bridgehead atoms. The fourth-order valence-corrected chi connectivity index (χ4v) is 1.68. The van der Waals surface area contributed by atoms with Crippen LogP contribution in [0.25, 0.3) is 22.6 Å². The second-order valence-corrected chi connectivity index (χ2v) is 3.77. The van der Waals surface area contributed by atoms with Gasteiger partial charge in [-0.15, -0.1) is 0 Å². The number of furan rings is 1. The minimum atomic E-state index is 0.445. The van der Waals surface area contributed by atoms with Gasteiger partial charge in [0.15, 0.2) is 11.6 Å². The third kappa shape index (κ3) is 1.79. The van der Waals surface area contributed by atoms with Gasteiger partial charge < -0.3 is 10.2 Å². The van der Waals surface area contributed by atoms with Crippen LogP contribution >= 0.6 is 0 Å². The molecule has 0 radical (unpaired) electrons. The topological polar surface area (TPSA) is 64.9 Å². The number of nitrogens with two attached hydrogens (primary N) is 1. The molecule has 2 heterocycles. The van der Waals surface area contributed by atoms with Gasteiger partial charge in [-0.25, -0.2) is 9.97 Å². The Morgan fingerprint density at radius 3 is 2.59 bits per heavy atom. The molecular weight excluding hydrogens is 214 g/mol. The van der Waals surface area contributed by atoms with Crippen molar-refractivity contribution in [2.24, 2.45) is 5.73 Å². The Morgan fingerprint density at radius 2 is 1.88 bits per heavy atom. The lowest BCUT2D eigenvalue weighted by Gasteiger charge is -1.96. The lowest BCUT2D eigenvalue weighted by molar-refractivity contribution is 0.625. The monoisotopic (exact) mass is 225 g/mol. The second kappa shape index (κ2) is 3.99. The largest absolute Gasteiger partial charge is 0.453 e. The molecule has 84 valence electrons. The van der Waals surface area contributed by atoms with E-state index in [0.29, 0.717) is 18.1 Å². The standard InChI is InChI=1S/C13H11N3O/c14-6-9-7-15-13(16-8-9)12-5-10-3-1-2-4-11(10)17-12/h1-5,7-8H,6,14H2. The highest BCUT2D eigenvalue weighted by molar-refractivity contribution is 5.81. The van der Waals surface area contributed by atoms with E-state index in [9.17, 15) is 0 Å². The fraction of sp³-hybridized carbons (Fsp3) is 0.0769. The molecule has 0 aliphatic heterocycles. The van der Waals surface area contributed by atoms with Gasteiger partial charge in [0.25, 0.3) is 0 Å². The quantitative estimate of drug-likeness (QED) is 0.727. The molecule has 3 rings (SSSR count). The van der Waals surface area contributed by atoms with Gasteiger partial charge >= 0.3 is 0 Å². The molecule has 0 aliphatic carbocycles. The molecule has 0 unspecified atom stereocenters. The molecule has 17 heavy (non-hydrogen) atoms. The van der Waals surface area contributed by atoms with E-state index in [0.717, 1.165) is 16.5 Å². The van der Waals surface area contributed by atoms with Crippen LogP contribution in [0.2, 0.25) is 0 Å². The molecule has 0 saturated carbocycles. The summed E-state index contributed by atoms with van der Waals surface area (Å²) in [6.07, 6.45) is 3.44. The number of nitrogens with zero attached hydrogens (tertiary/aromatic N) is 2. The van der Waals surface area contributed by atoms with Gasteiger partial charge in [-0.2, -0.15) is 0 Å². The SMILES string of the molecule is NCc1cnc(-c2cc3ccccc3o2)nc1. The maximum Gasteiger partial charge on any atom is 0.195 e. The highest BCUT2D eigenvalue weighted by atomic mass is 16.3. The summed E-state index contributed by atoms with van der Waals surface area (Å²) in [6.45, 7) is 0.445. The van der Waals surface area contributed by atoms with E-state index >= 15 is 0 Å². The molecule has 0 atom stereocenters. The van der Waals surface area contributed by atoms with Crippen LogP contribution in [0.5, 0.6) is 0 Å². The molecule has 0 fully saturated rings. The van der Waals surface area contributed by atoms with Gasteiger partial charge in [0.1, 0.15) is 5.58 Å². The van der Waals surface area contributed by atoms with Crippen LogP contribution in [0.4, 0.5) is 0 Å². The van der Waals surface area contributed by atoms with E-state index in [4.69, 9.17) is 10.2 Å². The van der Waals surface area contributed by atoms with Crippen LogP contribution in [0.1, 0.15) is 5.56 Å². The van der Waals surface area contributed by atoms with Gasteiger partial charge in [-0.05, 0) is 12.1 Å². The minimum absolute atomic E-state index is 0.445. The molecule has 1 aromatic carbocycles. The molecule has 3 aromatic rings. The first-order valence-corrected chi connectivity index (χ1v) is 5.37.